The molecule has 0 bridgehead atoms. The van der Waals surface area contributed by atoms with Crippen molar-refractivity contribution in [1.29, 1.82) is 0 Å². The Morgan fingerprint density at radius 3 is 0.783 bits per heavy atom. The van der Waals surface area contributed by atoms with E-state index in [2.05, 4.69) is 106 Å². The molecule has 1 unspecified atom stereocenters. The quantitative estimate of drug-likeness (QED) is 0.0261. The average Bonchev–Trinajstić information content (AvgIpc) is 3.48. The van der Waals surface area contributed by atoms with Crippen molar-refractivity contribution in [2.24, 2.45) is 0 Å². The van der Waals surface area contributed by atoms with Crippen LogP contribution >= 0.6 is 0 Å². The van der Waals surface area contributed by atoms with Crippen molar-refractivity contribution in [2.45, 2.75) is 374 Å². The molecule has 0 N–H and O–H groups in total. The number of hydrogen-bond acceptors (Lipinski definition) is 6. The van der Waals surface area contributed by atoms with Gasteiger partial charge in [-0.2, -0.15) is 0 Å². The maximum Gasteiger partial charge on any atom is 0.306 e. The molecule has 0 saturated carbocycles. The van der Waals surface area contributed by atoms with Crippen molar-refractivity contribution in [3.63, 3.8) is 0 Å². The van der Waals surface area contributed by atoms with Crippen molar-refractivity contribution < 1.29 is 28.6 Å². The zero-order valence-electron chi connectivity index (χ0n) is 55.2. The van der Waals surface area contributed by atoms with E-state index >= 15 is 0 Å². The summed E-state index contributed by atoms with van der Waals surface area (Å²) in [6.45, 7) is 6.51. The highest BCUT2D eigenvalue weighted by Crippen LogP contribution is 2.18. The van der Waals surface area contributed by atoms with Gasteiger partial charge in [-0.25, -0.2) is 0 Å². The van der Waals surface area contributed by atoms with Gasteiger partial charge in [0.25, 0.3) is 0 Å². The van der Waals surface area contributed by atoms with Crippen LogP contribution in [0.5, 0.6) is 0 Å². The molecule has 6 nitrogen and oxygen atoms in total. The van der Waals surface area contributed by atoms with Gasteiger partial charge in [-0.3, -0.25) is 14.4 Å². The van der Waals surface area contributed by atoms with Gasteiger partial charge >= 0.3 is 17.9 Å². The number of ether oxygens (including phenoxy) is 3. The molecule has 0 amide bonds. The van der Waals surface area contributed by atoms with Crippen LogP contribution < -0.4 is 0 Å². The van der Waals surface area contributed by atoms with Gasteiger partial charge in [0.2, 0.25) is 0 Å². The predicted octanol–water partition coefficient (Wildman–Crippen LogP) is 25.0. The van der Waals surface area contributed by atoms with Crippen LogP contribution in [0.2, 0.25) is 0 Å². The van der Waals surface area contributed by atoms with Crippen molar-refractivity contribution >= 4 is 17.9 Å². The predicted molar refractivity (Wildman–Crippen MR) is 362 cm³/mol. The molecule has 0 heterocycles. The van der Waals surface area contributed by atoms with E-state index in [0.29, 0.717) is 19.3 Å². The lowest BCUT2D eigenvalue weighted by atomic mass is 10.0. The zero-order chi connectivity index (χ0) is 59.9. The summed E-state index contributed by atoms with van der Waals surface area (Å²) in [6.07, 6.45) is 94.9. The molecule has 0 saturated heterocycles. The summed E-state index contributed by atoms with van der Waals surface area (Å²) in [7, 11) is 0. The van der Waals surface area contributed by atoms with E-state index < -0.39 is 6.10 Å². The molecule has 1 atom stereocenters. The van der Waals surface area contributed by atoms with Crippen LogP contribution in [0.1, 0.15) is 367 Å². The number of carbonyl (C=O) groups excluding carboxylic acids is 3. The molecule has 0 spiro atoms. The first kappa shape index (κ1) is 79.6. The van der Waals surface area contributed by atoms with E-state index in [1.54, 1.807) is 0 Å². The smallest absolute Gasteiger partial charge is 0.306 e. The Morgan fingerprint density at radius 2 is 0.482 bits per heavy atom. The number of esters is 3. The molecule has 83 heavy (non-hydrogen) atoms. The van der Waals surface area contributed by atoms with Crippen molar-refractivity contribution in [2.75, 3.05) is 13.2 Å². The fraction of sp³-hybridized carbons (Fsp3) is 0.779. The number of allylic oxidation sites excluding steroid dienone is 14. The summed E-state index contributed by atoms with van der Waals surface area (Å²) in [5, 5.41) is 0. The fourth-order valence-corrected chi connectivity index (χ4v) is 10.4. The molecule has 0 aromatic carbocycles. The summed E-state index contributed by atoms with van der Waals surface area (Å²) in [6, 6.07) is 0. The molecule has 0 rings (SSSR count). The standard InChI is InChI=1S/C77H136O6/c1-4-7-10-13-16-19-22-24-26-28-30-32-33-34-35-36-37-38-39-40-41-42-43-45-46-48-50-52-55-58-61-64-67-70-76(79)82-73-74(72-81-75(78)69-66-63-60-57-54-21-18-15-12-9-6-3)83-77(80)71-68-65-62-59-56-53-51-49-47-44-31-29-27-25-23-20-17-14-11-8-5-2/h7,10,15-16,18-19,23-26,29-32,74H,4-6,8-9,11-14,17,20-22,27-28,33-73H2,1-3H3/b10-7-,18-15-,19-16-,25-23-,26-24-,31-29-,32-30-. The highest BCUT2D eigenvalue weighted by Gasteiger charge is 2.19. The van der Waals surface area contributed by atoms with Gasteiger partial charge in [0.05, 0.1) is 0 Å². The summed E-state index contributed by atoms with van der Waals surface area (Å²) >= 11 is 0. The van der Waals surface area contributed by atoms with E-state index in [1.807, 2.05) is 0 Å². The molecule has 6 heteroatoms. The maximum atomic E-state index is 12.9. The molecular weight excluding hydrogens is 1020 g/mol. The first-order valence-corrected chi connectivity index (χ1v) is 36.1. The Hall–Kier alpha value is -3.41. The molecule has 0 aliphatic heterocycles. The zero-order valence-corrected chi connectivity index (χ0v) is 55.2. The van der Waals surface area contributed by atoms with E-state index in [4.69, 9.17) is 14.2 Å². The van der Waals surface area contributed by atoms with Crippen LogP contribution in [-0.2, 0) is 28.6 Å². The third kappa shape index (κ3) is 69.3. The summed E-state index contributed by atoms with van der Waals surface area (Å²) in [4.78, 5) is 38.4. The minimum atomic E-state index is -0.781. The van der Waals surface area contributed by atoms with Crippen molar-refractivity contribution in [3.8, 4) is 0 Å². The Balaban J connectivity index is 4.13. The second-order valence-corrected chi connectivity index (χ2v) is 24.1. The van der Waals surface area contributed by atoms with Crippen LogP contribution in [0, 0.1) is 0 Å². The normalized spacial score (nSPS) is 12.6. The molecule has 480 valence electrons. The van der Waals surface area contributed by atoms with Gasteiger partial charge in [-0.15, -0.1) is 0 Å². The minimum absolute atomic E-state index is 0.0764. The molecule has 0 radical (unpaired) electrons. The second kappa shape index (κ2) is 71.1. The summed E-state index contributed by atoms with van der Waals surface area (Å²) in [5.74, 6) is -0.871. The number of hydrogen-bond donors (Lipinski definition) is 0. The number of unbranched alkanes of at least 4 members (excludes halogenated alkanes) is 41. The van der Waals surface area contributed by atoms with E-state index in [9.17, 15) is 14.4 Å². The molecule has 0 fully saturated rings. The monoisotopic (exact) mass is 1160 g/mol. The second-order valence-electron chi connectivity index (χ2n) is 24.1. The van der Waals surface area contributed by atoms with Gasteiger partial charge in [0, 0.05) is 19.3 Å². The van der Waals surface area contributed by atoms with Gasteiger partial charge < -0.3 is 14.2 Å². The molecule has 0 aromatic heterocycles. The summed E-state index contributed by atoms with van der Waals surface area (Å²) in [5.41, 5.74) is 0. The van der Waals surface area contributed by atoms with Crippen LogP contribution in [-0.4, -0.2) is 37.2 Å². The molecule has 0 aromatic rings. The highest BCUT2D eigenvalue weighted by molar-refractivity contribution is 5.71. The van der Waals surface area contributed by atoms with E-state index in [-0.39, 0.29) is 31.1 Å². The van der Waals surface area contributed by atoms with Gasteiger partial charge in [0.1, 0.15) is 13.2 Å². The number of rotatable bonds is 66. The molecule has 0 aliphatic carbocycles. The van der Waals surface area contributed by atoms with Gasteiger partial charge in [-0.1, -0.05) is 324 Å². The van der Waals surface area contributed by atoms with Gasteiger partial charge in [-0.05, 0) is 109 Å². The third-order valence-corrected chi connectivity index (χ3v) is 15.9. The largest absolute Gasteiger partial charge is 0.462 e. The van der Waals surface area contributed by atoms with Crippen molar-refractivity contribution in [3.05, 3.63) is 85.1 Å². The number of carbonyl (C=O) groups is 3. The minimum Gasteiger partial charge on any atom is -0.462 e. The van der Waals surface area contributed by atoms with Crippen LogP contribution in [0.4, 0.5) is 0 Å². The highest BCUT2D eigenvalue weighted by atomic mass is 16.6. The molecular formula is C77H136O6. The Labute approximate surface area is 515 Å². The first-order valence-electron chi connectivity index (χ1n) is 36.1. The van der Waals surface area contributed by atoms with Crippen LogP contribution in [0.3, 0.4) is 0 Å². The SMILES string of the molecule is CC/C=C\C/C=C\C/C=C\C/C=C\CCCCCCCCCCCCCCCCCCCCCCC(=O)OCC(COC(=O)CCCCCCC/C=C\CCCC)OC(=O)CCCCCCCCCCC/C=C\C/C=C\CCCCCCC. The topological polar surface area (TPSA) is 78.9 Å². The van der Waals surface area contributed by atoms with E-state index in [1.165, 1.54) is 231 Å². The van der Waals surface area contributed by atoms with Crippen molar-refractivity contribution in [1.82, 2.24) is 0 Å². The van der Waals surface area contributed by atoms with Crippen LogP contribution in [0.25, 0.3) is 0 Å². The first-order chi connectivity index (χ1) is 41.0. The van der Waals surface area contributed by atoms with E-state index in [0.717, 1.165) is 96.3 Å². The fourth-order valence-electron chi connectivity index (χ4n) is 10.4. The third-order valence-electron chi connectivity index (χ3n) is 15.9. The Kier molecular flexibility index (Phi) is 68.2. The molecule has 0 aliphatic rings. The van der Waals surface area contributed by atoms with Crippen LogP contribution in [0.15, 0.2) is 85.1 Å². The maximum absolute atomic E-state index is 12.9. The average molecular weight is 1160 g/mol. The summed E-state index contributed by atoms with van der Waals surface area (Å²) < 4.78 is 17.0. The lowest BCUT2D eigenvalue weighted by Gasteiger charge is -2.18. The Morgan fingerprint density at radius 1 is 0.253 bits per heavy atom. The Bertz CT molecular complexity index is 1570. The van der Waals surface area contributed by atoms with Gasteiger partial charge in [0.15, 0.2) is 6.10 Å². The lowest BCUT2D eigenvalue weighted by molar-refractivity contribution is -0.167. The lowest BCUT2D eigenvalue weighted by Crippen LogP contribution is -2.30.